The number of aryl methyl sites for hydroxylation is 1. The Morgan fingerprint density at radius 2 is 1.67 bits per heavy atom. The van der Waals surface area contributed by atoms with Crippen molar-refractivity contribution < 1.29 is 8.42 Å². The highest BCUT2D eigenvalue weighted by molar-refractivity contribution is 7.92. The third-order valence-corrected chi connectivity index (χ3v) is 5.24. The molecule has 5 heteroatoms. The Balaban J connectivity index is 1.74. The van der Waals surface area contributed by atoms with Crippen LogP contribution in [0.5, 0.6) is 0 Å². The normalized spacial score (nSPS) is 11.5. The second kappa shape index (κ2) is 7.03. The number of rotatable bonds is 6. The molecule has 0 fully saturated rings. The van der Waals surface area contributed by atoms with Crippen LogP contribution in [0.25, 0.3) is 10.8 Å². The lowest BCUT2D eigenvalue weighted by Crippen LogP contribution is -2.18. The number of hydrogen-bond donors (Lipinski definition) is 2. The van der Waals surface area contributed by atoms with Gasteiger partial charge in [-0.1, -0.05) is 54.6 Å². The van der Waals surface area contributed by atoms with Crippen molar-refractivity contribution in [2.75, 3.05) is 10.5 Å². The lowest BCUT2D eigenvalue weighted by molar-refractivity contribution is 0.600. The molecule has 0 bridgehead atoms. The SMILES string of the molecule is NCc1cccc(NS(=O)(=O)CCc2cccc3ccccc23)c1. The van der Waals surface area contributed by atoms with Gasteiger partial charge in [-0.25, -0.2) is 8.42 Å². The second-order valence-corrected chi connectivity index (χ2v) is 7.56. The van der Waals surface area contributed by atoms with Crippen LogP contribution < -0.4 is 10.5 Å². The summed E-state index contributed by atoms with van der Waals surface area (Å²) in [7, 11) is -3.42. The molecule has 0 saturated carbocycles. The summed E-state index contributed by atoms with van der Waals surface area (Å²) < 4.78 is 27.4. The van der Waals surface area contributed by atoms with Crippen molar-refractivity contribution in [2.24, 2.45) is 5.73 Å². The highest BCUT2D eigenvalue weighted by atomic mass is 32.2. The summed E-state index contributed by atoms with van der Waals surface area (Å²) in [6.07, 6.45) is 0.466. The van der Waals surface area contributed by atoms with Crippen molar-refractivity contribution in [2.45, 2.75) is 13.0 Å². The zero-order chi connectivity index (χ0) is 17.0. The number of nitrogens with one attached hydrogen (secondary N) is 1. The molecule has 24 heavy (non-hydrogen) atoms. The van der Waals surface area contributed by atoms with E-state index in [0.29, 0.717) is 18.7 Å². The smallest absolute Gasteiger partial charge is 0.233 e. The summed E-state index contributed by atoms with van der Waals surface area (Å²) >= 11 is 0. The molecule has 0 aliphatic rings. The Morgan fingerprint density at radius 3 is 2.50 bits per heavy atom. The highest BCUT2D eigenvalue weighted by Crippen LogP contribution is 2.20. The molecule has 0 radical (unpaired) electrons. The van der Waals surface area contributed by atoms with Crippen molar-refractivity contribution in [3.63, 3.8) is 0 Å². The molecule has 3 N–H and O–H groups in total. The maximum Gasteiger partial charge on any atom is 0.233 e. The Labute approximate surface area is 142 Å². The second-order valence-electron chi connectivity index (χ2n) is 5.71. The van der Waals surface area contributed by atoms with Gasteiger partial charge in [-0.15, -0.1) is 0 Å². The summed E-state index contributed by atoms with van der Waals surface area (Å²) in [6, 6.07) is 21.1. The van der Waals surface area contributed by atoms with Gasteiger partial charge in [-0.2, -0.15) is 0 Å². The van der Waals surface area contributed by atoms with Gasteiger partial charge in [0, 0.05) is 12.2 Å². The lowest BCUT2D eigenvalue weighted by atomic mass is 10.0. The minimum absolute atomic E-state index is 0.0356. The minimum Gasteiger partial charge on any atom is -0.326 e. The van der Waals surface area contributed by atoms with Crippen molar-refractivity contribution in [1.82, 2.24) is 0 Å². The quantitative estimate of drug-likeness (QED) is 0.723. The third-order valence-electron chi connectivity index (χ3n) is 3.96. The van der Waals surface area contributed by atoms with Gasteiger partial charge in [0.2, 0.25) is 10.0 Å². The molecule has 0 aromatic heterocycles. The summed E-state index contributed by atoms with van der Waals surface area (Å²) in [5, 5.41) is 2.22. The maximum absolute atomic E-state index is 12.4. The lowest BCUT2D eigenvalue weighted by Gasteiger charge is -2.10. The number of nitrogens with two attached hydrogens (primary N) is 1. The standard InChI is InChI=1S/C19H20N2O2S/c20-14-15-5-3-9-18(13-15)21-24(22,23)12-11-17-8-4-7-16-6-1-2-10-19(16)17/h1-10,13,21H,11-12,14,20H2. The Bertz CT molecular complexity index is 947. The molecule has 0 spiro atoms. The molecule has 0 unspecified atom stereocenters. The molecule has 0 aliphatic carbocycles. The van der Waals surface area contributed by atoms with Gasteiger partial charge in [-0.3, -0.25) is 4.72 Å². The van der Waals surface area contributed by atoms with Crippen molar-refractivity contribution in [1.29, 1.82) is 0 Å². The average molecular weight is 340 g/mol. The molecule has 4 nitrogen and oxygen atoms in total. The number of hydrogen-bond acceptors (Lipinski definition) is 3. The maximum atomic E-state index is 12.4. The molecule has 0 heterocycles. The van der Waals surface area contributed by atoms with Crippen LogP contribution >= 0.6 is 0 Å². The van der Waals surface area contributed by atoms with E-state index in [-0.39, 0.29) is 5.75 Å². The van der Waals surface area contributed by atoms with Gasteiger partial charge in [0.1, 0.15) is 0 Å². The van der Waals surface area contributed by atoms with E-state index >= 15 is 0 Å². The van der Waals surface area contributed by atoms with Crippen molar-refractivity contribution >= 4 is 26.5 Å². The first-order valence-corrected chi connectivity index (χ1v) is 9.49. The fraction of sp³-hybridized carbons (Fsp3) is 0.158. The van der Waals surface area contributed by atoms with Gasteiger partial charge in [-0.05, 0) is 40.5 Å². The number of sulfonamides is 1. The van der Waals surface area contributed by atoms with E-state index < -0.39 is 10.0 Å². The fourth-order valence-corrected chi connectivity index (χ4v) is 3.82. The van der Waals surface area contributed by atoms with Crippen LogP contribution in [0.1, 0.15) is 11.1 Å². The number of benzene rings is 3. The van der Waals surface area contributed by atoms with E-state index in [0.717, 1.165) is 21.9 Å². The van der Waals surface area contributed by atoms with E-state index in [1.165, 1.54) is 0 Å². The third kappa shape index (κ3) is 3.93. The zero-order valence-electron chi connectivity index (χ0n) is 13.3. The monoisotopic (exact) mass is 340 g/mol. The van der Waals surface area contributed by atoms with E-state index in [2.05, 4.69) is 4.72 Å². The minimum atomic E-state index is -3.42. The van der Waals surface area contributed by atoms with Gasteiger partial charge in [0.15, 0.2) is 0 Å². The number of fused-ring (bicyclic) bond motifs is 1. The Morgan fingerprint density at radius 1 is 0.917 bits per heavy atom. The first-order chi connectivity index (χ1) is 11.6. The van der Waals surface area contributed by atoms with Crippen molar-refractivity contribution in [3.8, 4) is 0 Å². The topological polar surface area (TPSA) is 72.2 Å². The molecular weight excluding hydrogens is 320 g/mol. The van der Waals surface area contributed by atoms with Gasteiger partial charge in [0.05, 0.1) is 5.75 Å². The Hall–Kier alpha value is -2.37. The van der Waals surface area contributed by atoms with E-state index in [1.807, 2.05) is 48.5 Å². The molecule has 0 aliphatic heterocycles. The van der Waals surface area contributed by atoms with Crippen molar-refractivity contribution in [3.05, 3.63) is 77.9 Å². The Kier molecular flexibility index (Phi) is 4.83. The molecule has 0 atom stereocenters. The van der Waals surface area contributed by atoms with Crippen LogP contribution in [0.4, 0.5) is 5.69 Å². The first-order valence-electron chi connectivity index (χ1n) is 7.83. The van der Waals surface area contributed by atoms with E-state index in [1.54, 1.807) is 18.2 Å². The molecular formula is C19H20N2O2S. The van der Waals surface area contributed by atoms with Crippen LogP contribution in [0.3, 0.4) is 0 Å². The van der Waals surface area contributed by atoms with Crippen LogP contribution in [0.15, 0.2) is 66.7 Å². The van der Waals surface area contributed by atoms with Gasteiger partial charge < -0.3 is 5.73 Å². The molecule has 0 amide bonds. The summed E-state index contributed by atoms with van der Waals surface area (Å²) in [4.78, 5) is 0. The van der Waals surface area contributed by atoms with Gasteiger partial charge in [0.25, 0.3) is 0 Å². The average Bonchev–Trinajstić information content (AvgIpc) is 2.60. The van der Waals surface area contributed by atoms with Crippen LogP contribution in [0.2, 0.25) is 0 Å². The van der Waals surface area contributed by atoms with Crippen LogP contribution in [0, 0.1) is 0 Å². The van der Waals surface area contributed by atoms with E-state index in [4.69, 9.17) is 5.73 Å². The number of anilines is 1. The molecule has 3 rings (SSSR count). The molecule has 124 valence electrons. The summed E-state index contributed by atoms with van der Waals surface area (Å²) in [5.74, 6) is 0.0356. The summed E-state index contributed by atoms with van der Waals surface area (Å²) in [6.45, 7) is 0.381. The molecule has 3 aromatic carbocycles. The largest absolute Gasteiger partial charge is 0.326 e. The fourth-order valence-electron chi connectivity index (χ4n) is 2.75. The summed E-state index contributed by atoms with van der Waals surface area (Å²) in [5.41, 5.74) is 8.07. The molecule has 0 saturated heterocycles. The van der Waals surface area contributed by atoms with Crippen LogP contribution in [-0.2, 0) is 23.0 Å². The van der Waals surface area contributed by atoms with E-state index in [9.17, 15) is 8.42 Å². The zero-order valence-corrected chi connectivity index (χ0v) is 14.1. The predicted molar refractivity (Wildman–Crippen MR) is 99.4 cm³/mol. The predicted octanol–water partition coefficient (Wildman–Crippen LogP) is 3.28. The van der Waals surface area contributed by atoms with Crippen LogP contribution in [-0.4, -0.2) is 14.2 Å². The molecule has 3 aromatic rings. The van der Waals surface area contributed by atoms with Gasteiger partial charge >= 0.3 is 0 Å². The first kappa shape index (κ1) is 16.5. The highest BCUT2D eigenvalue weighted by Gasteiger charge is 2.12.